The number of nitrogens with one attached hydrogen (secondary N) is 1. The van der Waals surface area contributed by atoms with Crippen LogP contribution in [0.2, 0.25) is 0 Å². The summed E-state index contributed by atoms with van der Waals surface area (Å²) in [5, 5.41) is 3.16. The molecule has 9 nitrogen and oxygen atoms in total. The van der Waals surface area contributed by atoms with Crippen molar-refractivity contribution in [3.05, 3.63) is 65.4 Å². The first-order valence-electron chi connectivity index (χ1n) is 11.1. The number of para-hydroxylation sites is 1. The number of carbonyl (C=O) groups is 3. The molecule has 1 aliphatic carbocycles. The molecule has 2 atom stereocenters. The molecule has 0 fully saturated rings. The molecule has 0 radical (unpaired) electrons. The Kier molecular flexibility index (Phi) is 6.06. The van der Waals surface area contributed by atoms with Crippen LogP contribution >= 0.6 is 0 Å². The van der Waals surface area contributed by atoms with E-state index in [4.69, 9.17) is 10.5 Å². The fourth-order valence-corrected chi connectivity index (χ4v) is 5.40. The van der Waals surface area contributed by atoms with Crippen molar-refractivity contribution in [1.29, 1.82) is 0 Å². The number of carbonyl (C=O) groups excluding carboxylic acids is 3. The standard InChI is InChI=1S/C25H27N3O6S/c1-14-9-11-15(12-10-14)35(32,33)13-17(26)23(30)27-20-19-16-7-5-6-8-18(16)28(21(19)22(20)29)24(31)34-25(2,3)4/h5-12,17,20H,13,26H2,1-4H3,(H,27,30). The summed E-state index contributed by atoms with van der Waals surface area (Å²) in [5.74, 6) is -1.88. The van der Waals surface area contributed by atoms with Crippen LogP contribution in [0.4, 0.5) is 4.79 Å². The Morgan fingerprint density at radius 3 is 2.37 bits per heavy atom. The highest BCUT2D eigenvalue weighted by molar-refractivity contribution is 7.91. The third kappa shape index (κ3) is 4.59. The van der Waals surface area contributed by atoms with E-state index in [2.05, 4.69) is 5.32 Å². The number of hydrogen-bond acceptors (Lipinski definition) is 7. The van der Waals surface area contributed by atoms with Crippen molar-refractivity contribution in [2.24, 2.45) is 5.73 Å². The predicted octanol–water partition coefficient (Wildman–Crippen LogP) is 2.89. The van der Waals surface area contributed by atoms with E-state index in [1.54, 1.807) is 57.2 Å². The maximum atomic E-state index is 13.0. The number of nitrogens with two attached hydrogens (primary N) is 1. The summed E-state index contributed by atoms with van der Waals surface area (Å²) in [7, 11) is -3.82. The Hall–Kier alpha value is -3.50. The van der Waals surface area contributed by atoms with Crippen LogP contribution in [0.1, 0.15) is 48.4 Å². The quantitative estimate of drug-likeness (QED) is 0.553. The number of aromatic nitrogens is 1. The lowest BCUT2D eigenvalue weighted by Gasteiger charge is -2.29. The molecular weight excluding hydrogens is 470 g/mol. The zero-order valence-electron chi connectivity index (χ0n) is 19.9. The van der Waals surface area contributed by atoms with Crippen LogP contribution in [-0.2, 0) is 19.4 Å². The maximum Gasteiger partial charge on any atom is 0.419 e. The van der Waals surface area contributed by atoms with E-state index in [1.165, 1.54) is 16.7 Å². The second kappa shape index (κ2) is 8.62. The molecule has 0 bridgehead atoms. The number of fused-ring (bicyclic) bond motifs is 3. The van der Waals surface area contributed by atoms with Gasteiger partial charge in [-0.05, 0) is 45.9 Å². The van der Waals surface area contributed by atoms with E-state index in [0.717, 1.165) is 5.56 Å². The fraction of sp³-hybridized carbons (Fsp3) is 0.320. The Bertz CT molecular complexity index is 1450. The van der Waals surface area contributed by atoms with Crippen LogP contribution < -0.4 is 11.1 Å². The molecule has 0 saturated heterocycles. The smallest absolute Gasteiger partial charge is 0.419 e. The van der Waals surface area contributed by atoms with E-state index in [0.29, 0.717) is 16.5 Å². The average molecular weight is 498 g/mol. The van der Waals surface area contributed by atoms with Gasteiger partial charge in [-0.25, -0.2) is 17.8 Å². The second-order valence-electron chi connectivity index (χ2n) is 9.60. The van der Waals surface area contributed by atoms with Gasteiger partial charge in [-0.2, -0.15) is 0 Å². The van der Waals surface area contributed by atoms with Gasteiger partial charge in [0.05, 0.1) is 22.2 Å². The van der Waals surface area contributed by atoms with E-state index in [-0.39, 0.29) is 10.6 Å². The minimum Gasteiger partial charge on any atom is -0.443 e. The van der Waals surface area contributed by atoms with Crippen LogP contribution in [0.5, 0.6) is 0 Å². The molecule has 1 amide bonds. The number of ether oxygens (including phenoxy) is 1. The number of benzene rings is 2. The van der Waals surface area contributed by atoms with E-state index in [9.17, 15) is 22.8 Å². The number of hydrogen-bond donors (Lipinski definition) is 2. The average Bonchev–Trinajstić information content (AvgIpc) is 3.07. The number of nitrogens with zero attached hydrogens (tertiary/aromatic N) is 1. The summed E-state index contributed by atoms with van der Waals surface area (Å²) in [4.78, 5) is 38.7. The van der Waals surface area contributed by atoms with Gasteiger partial charge in [-0.15, -0.1) is 0 Å². The normalized spacial score (nSPS) is 16.4. The molecule has 3 N–H and O–H groups in total. The van der Waals surface area contributed by atoms with E-state index < -0.39 is 51.1 Å². The van der Waals surface area contributed by atoms with Crippen LogP contribution in [0.25, 0.3) is 10.9 Å². The molecule has 2 unspecified atom stereocenters. The Balaban J connectivity index is 1.58. The lowest BCUT2D eigenvalue weighted by molar-refractivity contribution is -0.122. The van der Waals surface area contributed by atoms with Crippen LogP contribution in [0, 0.1) is 6.92 Å². The molecule has 1 heterocycles. The highest BCUT2D eigenvalue weighted by Gasteiger charge is 2.45. The van der Waals surface area contributed by atoms with Crippen molar-refractivity contribution in [2.75, 3.05) is 5.75 Å². The van der Waals surface area contributed by atoms with E-state index in [1.807, 2.05) is 6.92 Å². The molecule has 10 heteroatoms. The Morgan fingerprint density at radius 1 is 1.11 bits per heavy atom. The lowest BCUT2D eigenvalue weighted by Crippen LogP contribution is -2.50. The van der Waals surface area contributed by atoms with Gasteiger partial charge < -0.3 is 15.8 Å². The van der Waals surface area contributed by atoms with E-state index >= 15 is 0 Å². The van der Waals surface area contributed by atoms with Gasteiger partial charge in [0.1, 0.15) is 17.3 Å². The van der Waals surface area contributed by atoms with Crippen molar-refractivity contribution in [3.8, 4) is 0 Å². The minimum atomic E-state index is -3.82. The largest absolute Gasteiger partial charge is 0.443 e. The first kappa shape index (κ1) is 24.6. The van der Waals surface area contributed by atoms with Gasteiger partial charge in [-0.1, -0.05) is 35.9 Å². The summed E-state index contributed by atoms with van der Waals surface area (Å²) in [5.41, 5.74) is 7.12. The molecule has 3 aromatic rings. The zero-order valence-corrected chi connectivity index (χ0v) is 20.7. The molecule has 184 valence electrons. The summed E-state index contributed by atoms with van der Waals surface area (Å²) in [6, 6.07) is 10.7. The topological polar surface area (TPSA) is 138 Å². The summed E-state index contributed by atoms with van der Waals surface area (Å²) in [6.45, 7) is 7.00. The minimum absolute atomic E-state index is 0.0637. The Morgan fingerprint density at radius 2 is 1.74 bits per heavy atom. The predicted molar refractivity (Wildman–Crippen MR) is 130 cm³/mol. The van der Waals surface area contributed by atoms with Crippen molar-refractivity contribution in [2.45, 2.75) is 50.3 Å². The maximum absolute atomic E-state index is 13.0. The molecule has 2 aromatic carbocycles. The summed E-state index contributed by atoms with van der Waals surface area (Å²) < 4.78 is 32.0. The van der Waals surface area contributed by atoms with Crippen LogP contribution in [-0.4, -0.2) is 48.2 Å². The number of aryl methyl sites for hydroxylation is 1. The lowest BCUT2D eigenvalue weighted by atomic mass is 9.85. The van der Waals surface area contributed by atoms with Crippen LogP contribution in [0.15, 0.2) is 53.4 Å². The summed E-state index contributed by atoms with van der Waals surface area (Å²) >= 11 is 0. The third-order valence-corrected chi connectivity index (χ3v) is 7.46. The molecule has 0 spiro atoms. The number of sulfone groups is 1. The van der Waals surface area contributed by atoms with Crippen molar-refractivity contribution >= 4 is 38.5 Å². The third-order valence-electron chi connectivity index (χ3n) is 5.68. The highest BCUT2D eigenvalue weighted by atomic mass is 32.2. The monoisotopic (exact) mass is 497 g/mol. The SMILES string of the molecule is Cc1ccc(S(=O)(=O)CC(N)C(=O)NC2C(=O)c3c2c2ccccc2n3C(=O)OC(C)(C)C)cc1. The molecule has 1 aliphatic rings. The van der Waals surface area contributed by atoms with Gasteiger partial charge in [0, 0.05) is 10.9 Å². The summed E-state index contributed by atoms with van der Waals surface area (Å²) in [6.07, 6.45) is -0.700. The number of ketones is 1. The number of amides is 1. The molecule has 0 aliphatic heterocycles. The van der Waals surface area contributed by atoms with Crippen molar-refractivity contribution < 1.29 is 27.5 Å². The second-order valence-corrected chi connectivity index (χ2v) is 11.6. The first-order chi connectivity index (χ1) is 16.3. The van der Waals surface area contributed by atoms with Crippen molar-refractivity contribution in [1.82, 2.24) is 9.88 Å². The van der Waals surface area contributed by atoms with Gasteiger partial charge in [-0.3, -0.25) is 9.59 Å². The molecule has 4 rings (SSSR count). The molecule has 0 saturated carbocycles. The van der Waals surface area contributed by atoms with Gasteiger partial charge in [0.2, 0.25) is 11.7 Å². The van der Waals surface area contributed by atoms with Gasteiger partial charge in [0.15, 0.2) is 9.84 Å². The highest BCUT2D eigenvalue weighted by Crippen LogP contribution is 2.41. The van der Waals surface area contributed by atoms with Crippen LogP contribution in [0.3, 0.4) is 0 Å². The zero-order chi connectivity index (χ0) is 25.7. The number of Topliss-reactive ketones (excluding diaryl/α,β-unsaturated/α-hetero) is 1. The Labute approximate surface area is 203 Å². The van der Waals surface area contributed by atoms with Gasteiger partial charge >= 0.3 is 6.09 Å². The number of rotatable bonds is 5. The molecule has 35 heavy (non-hydrogen) atoms. The first-order valence-corrected chi connectivity index (χ1v) is 12.7. The molecule has 1 aromatic heterocycles. The molecular formula is C25H27N3O6S. The van der Waals surface area contributed by atoms with Gasteiger partial charge in [0.25, 0.3) is 0 Å². The van der Waals surface area contributed by atoms with Crippen molar-refractivity contribution in [3.63, 3.8) is 0 Å². The fourth-order valence-electron chi connectivity index (χ4n) is 4.03.